The molecule has 0 radical (unpaired) electrons. The largest absolute Gasteiger partial charge is 0.453 e. The van der Waals surface area contributed by atoms with Crippen molar-refractivity contribution in [1.82, 2.24) is 0 Å². The van der Waals surface area contributed by atoms with Crippen molar-refractivity contribution >= 4 is 46.9 Å². The van der Waals surface area contributed by atoms with Gasteiger partial charge >= 0.3 is 5.97 Å². The average molecular weight is 477 g/mol. The molecule has 0 bridgehead atoms. The van der Waals surface area contributed by atoms with Crippen molar-refractivity contribution in [3.05, 3.63) is 63.6 Å². The summed E-state index contributed by atoms with van der Waals surface area (Å²) in [6.07, 6.45) is -1.06. The summed E-state index contributed by atoms with van der Waals surface area (Å²) < 4.78 is 11.7. The third-order valence-corrected chi connectivity index (χ3v) is 5.51. The molecule has 0 saturated heterocycles. The van der Waals surface area contributed by atoms with Crippen molar-refractivity contribution in [2.45, 2.75) is 45.5 Å². The Morgan fingerprint density at radius 2 is 1.88 bits per heavy atom. The van der Waals surface area contributed by atoms with Crippen LogP contribution < -0.4 is 5.73 Å². The number of rotatable bonds is 6. The van der Waals surface area contributed by atoms with Gasteiger partial charge in [0.1, 0.15) is 6.10 Å². The first-order valence-electron chi connectivity index (χ1n) is 10.3. The van der Waals surface area contributed by atoms with Crippen molar-refractivity contribution < 1.29 is 19.1 Å². The Balaban J connectivity index is 2.01. The number of hydrogen-bond acceptors (Lipinski definition) is 6. The van der Waals surface area contributed by atoms with Crippen molar-refractivity contribution in [3.63, 3.8) is 0 Å². The number of ketones is 1. The molecule has 0 spiro atoms. The summed E-state index contributed by atoms with van der Waals surface area (Å²) in [5, 5.41) is 0.990. The van der Waals surface area contributed by atoms with Crippen molar-refractivity contribution in [3.8, 4) is 0 Å². The number of hydrogen-bond donors (Lipinski definition) is 1. The Morgan fingerprint density at radius 3 is 2.53 bits per heavy atom. The molecule has 2 aromatic rings. The van der Waals surface area contributed by atoms with Gasteiger partial charge in [0.05, 0.1) is 12.2 Å². The average Bonchev–Trinajstić information content (AvgIpc) is 2.91. The van der Waals surface area contributed by atoms with E-state index in [4.69, 9.17) is 38.4 Å². The molecule has 3 unspecified atom stereocenters. The molecule has 0 aromatic heterocycles. The number of ether oxygens (including phenoxy) is 2. The number of carbonyl (C=O) groups is 2. The maximum absolute atomic E-state index is 13.5. The molecule has 1 aliphatic heterocycles. The molecule has 2 N–H and O–H groups in total. The van der Waals surface area contributed by atoms with Gasteiger partial charge in [-0.15, -0.1) is 0 Å². The summed E-state index contributed by atoms with van der Waals surface area (Å²) in [6, 6.07) is 12.4. The highest BCUT2D eigenvalue weighted by molar-refractivity contribution is 6.31. The third kappa shape index (κ3) is 5.95. The van der Waals surface area contributed by atoms with Gasteiger partial charge in [0.25, 0.3) is 0 Å². The Labute approximate surface area is 197 Å². The Kier molecular flexibility index (Phi) is 7.72. The number of carbonyl (C=O) groups excluding carboxylic acids is 2. The zero-order valence-corrected chi connectivity index (χ0v) is 19.7. The van der Waals surface area contributed by atoms with Crippen LogP contribution in [0.15, 0.2) is 47.5 Å². The molecule has 0 fully saturated rings. The molecule has 0 saturated carbocycles. The minimum Gasteiger partial charge on any atom is -0.453 e. The lowest BCUT2D eigenvalue weighted by Crippen LogP contribution is -2.41. The van der Waals surface area contributed by atoms with Crippen LogP contribution in [0.25, 0.3) is 0 Å². The predicted octanol–water partition coefficient (Wildman–Crippen LogP) is 5.06. The molecule has 1 aliphatic rings. The third-order valence-electron chi connectivity index (χ3n) is 4.93. The van der Waals surface area contributed by atoms with Crippen LogP contribution in [0.4, 0.5) is 5.69 Å². The predicted molar refractivity (Wildman–Crippen MR) is 126 cm³/mol. The molecule has 3 atom stereocenters. The van der Waals surface area contributed by atoms with Gasteiger partial charge in [0.2, 0.25) is 5.78 Å². The molecule has 170 valence electrons. The van der Waals surface area contributed by atoms with Gasteiger partial charge in [0, 0.05) is 27.4 Å². The fraction of sp³-hybridized carbons (Fsp3) is 0.375. The molecule has 2 aromatic carbocycles. The monoisotopic (exact) mass is 476 g/mol. The number of Topliss-reactive ketones (excluding diaryl/α,β-unsaturated/α-hetero) is 1. The number of nitrogens with two attached hydrogens (primary N) is 1. The second kappa shape index (κ2) is 10.1. The molecule has 3 rings (SSSR count). The second-order valence-electron chi connectivity index (χ2n) is 8.79. The molecule has 8 heteroatoms. The first-order chi connectivity index (χ1) is 15.1. The van der Waals surface area contributed by atoms with Gasteiger partial charge in [-0.25, -0.2) is 0 Å². The van der Waals surface area contributed by atoms with Gasteiger partial charge in [-0.3, -0.25) is 14.6 Å². The molecular weight excluding hydrogens is 451 g/mol. The number of halogens is 2. The van der Waals surface area contributed by atoms with Crippen LogP contribution in [0.3, 0.4) is 0 Å². The zero-order chi connectivity index (χ0) is 23.5. The standard InChI is InChI=1S/C24H26Cl2N2O4/c1-24(2,3)11-19(31-21(29)12-27)22(30)20-13-28-18-9-8-14(25)10-16(18)23(32-20)15-6-4-5-7-17(15)26/h4-10,13,19-20,23H,11-12,27H2,1-3H3. The lowest BCUT2D eigenvalue weighted by molar-refractivity contribution is -0.158. The quantitative estimate of drug-likeness (QED) is 0.588. The number of benzene rings is 2. The highest BCUT2D eigenvalue weighted by atomic mass is 35.5. The fourth-order valence-electron chi connectivity index (χ4n) is 3.47. The van der Waals surface area contributed by atoms with Gasteiger partial charge in [0.15, 0.2) is 12.2 Å². The lowest BCUT2D eigenvalue weighted by atomic mass is 9.87. The van der Waals surface area contributed by atoms with E-state index in [1.54, 1.807) is 24.3 Å². The van der Waals surface area contributed by atoms with E-state index in [1.807, 2.05) is 39.0 Å². The molecule has 0 amide bonds. The summed E-state index contributed by atoms with van der Waals surface area (Å²) in [5.41, 5.74) is 7.09. The first-order valence-corrected chi connectivity index (χ1v) is 11.0. The topological polar surface area (TPSA) is 91.0 Å². The van der Waals surface area contributed by atoms with Crippen molar-refractivity contribution in [2.24, 2.45) is 16.1 Å². The number of esters is 1. The summed E-state index contributed by atoms with van der Waals surface area (Å²) in [6.45, 7) is 5.54. The highest BCUT2D eigenvalue weighted by Gasteiger charge is 2.36. The zero-order valence-electron chi connectivity index (χ0n) is 18.2. The Bertz CT molecular complexity index is 1030. The van der Waals surface area contributed by atoms with Gasteiger partial charge in [-0.2, -0.15) is 0 Å². The van der Waals surface area contributed by atoms with Crippen LogP contribution in [-0.4, -0.2) is 36.7 Å². The number of fused-ring (bicyclic) bond motifs is 1. The molecule has 0 aliphatic carbocycles. The van der Waals surface area contributed by atoms with Crippen molar-refractivity contribution in [1.29, 1.82) is 0 Å². The first kappa shape index (κ1) is 24.4. The number of nitrogens with zero attached hydrogens (tertiary/aromatic N) is 1. The van der Waals surface area contributed by atoms with Crippen LogP contribution in [0.2, 0.25) is 10.0 Å². The normalized spacial score (nSPS) is 19.1. The molecule has 32 heavy (non-hydrogen) atoms. The van der Waals surface area contributed by atoms with Crippen LogP contribution >= 0.6 is 23.2 Å². The second-order valence-corrected chi connectivity index (χ2v) is 9.63. The highest BCUT2D eigenvalue weighted by Crippen LogP contribution is 2.40. The van der Waals surface area contributed by atoms with Gasteiger partial charge in [-0.1, -0.05) is 62.2 Å². The van der Waals surface area contributed by atoms with Gasteiger partial charge < -0.3 is 15.2 Å². The van der Waals surface area contributed by atoms with E-state index in [0.29, 0.717) is 33.3 Å². The van der Waals surface area contributed by atoms with Crippen LogP contribution in [0.5, 0.6) is 0 Å². The van der Waals surface area contributed by atoms with Gasteiger partial charge in [-0.05, 0) is 36.1 Å². The molecular formula is C24H26Cl2N2O4. The Hall–Kier alpha value is -2.25. The summed E-state index contributed by atoms with van der Waals surface area (Å²) in [5.74, 6) is -1.07. The van der Waals surface area contributed by atoms with E-state index in [9.17, 15) is 9.59 Å². The molecule has 6 nitrogen and oxygen atoms in total. The van der Waals surface area contributed by atoms with E-state index in [-0.39, 0.29) is 12.0 Å². The fourth-order valence-corrected chi connectivity index (χ4v) is 3.89. The maximum Gasteiger partial charge on any atom is 0.320 e. The smallest absolute Gasteiger partial charge is 0.320 e. The maximum atomic E-state index is 13.5. The minimum atomic E-state index is -1.07. The minimum absolute atomic E-state index is 0.282. The summed E-state index contributed by atoms with van der Waals surface area (Å²) in [7, 11) is 0. The Morgan fingerprint density at radius 1 is 1.16 bits per heavy atom. The van der Waals surface area contributed by atoms with Crippen molar-refractivity contribution in [2.75, 3.05) is 6.54 Å². The van der Waals surface area contributed by atoms with E-state index in [0.717, 1.165) is 0 Å². The van der Waals surface area contributed by atoms with E-state index < -0.39 is 30.1 Å². The number of aliphatic imine (C=N–C) groups is 1. The van der Waals surface area contributed by atoms with Crippen LogP contribution in [0, 0.1) is 5.41 Å². The lowest BCUT2D eigenvalue weighted by Gasteiger charge is -2.28. The SMILES string of the molecule is CC(C)(C)CC(OC(=O)CN)C(=O)C1C=Nc2ccc(Cl)cc2C(c2ccccc2Cl)O1. The van der Waals surface area contributed by atoms with E-state index in [2.05, 4.69) is 4.99 Å². The summed E-state index contributed by atoms with van der Waals surface area (Å²) >= 11 is 12.7. The van der Waals surface area contributed by atoms with Crippen LogP contribution in [-0.2, 0) is 19.1 Å². The summed E-state index contributed by atoms with van der Waals surface area (Å²) in [4.78, 5) is 29.8. The molecule has 1 heterocycles. The van der Waals surface area contributed by atoms with Crippen LogP contribution in [0.1, 0.15) is 44.4 Å². The van der Waals surface area contributed by atoms with E-state index in [1.165, 1.54) is 6.21 Å². The van der Waals surface area contributed by atoms with E-state index >= 15 is 0 Å².